The molecule has 23 heavy (non-hydrogen) atoms. The van der Waals surface area contributed by atoms with E-state index in [2.05, 4.69) is 15.2 Å². The van der Waals surface area contributed by atoms with E-state index in [0.717, 1.165) is 38.1 Å². The van der Waals surface area contributed by atoms with Crippen LogP contribution in [0.15, 0.2) is 16.9 Å². The molecule has 0 aliphatic carbocycles. The molecule has 0 bridgehead atoms. The molecule has 0 spiro atoms. The van der Waals surface area contributed by atoms with E-state index in [-0.39, 0.29) is 11.1 Å². The Morgan fingerprint density at radius 1 is 1.35 bits per heavy atom. The molecule has 3 heterocycles. The lowest BCUT2D eigenvalue weighted by Gasteiger charge is -2.11. The molecule has 1 unspecified atom stereocenters. The van der Waals surface area contributed by atoms with E-state index in [4.69, 9.17) is 0 Å². The van der Waals surface area contributed by atoms with Gasteiger partial charge in [-0.3, -0.25) is 9.59 Å². The van der Waals surface area contributed by atoms with Crippen molar-refractivity contribution in [2.45, 2.75) is 45.1 Å². The second-order valence-electron chi connectivity index (χ2n) is 5.78. The van der Waals surface area contributed by atoms with Crippen LogP contribution in [0.5, 0.6) is 0 Å². The van der Waals surface area contributed by atoms with E-state index in [1.165, 1.54) is 6.07 Å². The Kier molecular flexibility index (Phi) is 4.06. The van der Waals surface area contributed by atoms with Crippen molar-refractivity contribution in [2.24, 2.45) is 0 Å². The topological polar surface area (TPSA) is 104 Å². The number of hydrogen-bond donors (Lipinski definition) is 1. The molecule has 7 nitrogen and oxygen atoms in total. The van der Waals surface area contributed by atoms with Crippen LogP contribution in [0.4, 0.5) is 0 Å². The fourth-order valence-corrected chi connectivity index (χ4v) is 2.95. The first-order valence-corrected chi connectivity index (χ1v) is 7.67. The molecular formula is C16H17N5O2. The van der Waals surface area contributed by atoms with Crippen LogP contribution in [-0.4, -0.2) is 25.5 Å². The van der Waals surface area contributed by atoms with E-state index in [1.807, 2.05) is 10.6 Å². The Morgan fingerprint density at radius 2 is 2.17 bits per heavy atom. The molecular weight excluding hydrogens is 294 g/mol. The van der Waals surface area contributed by atoms with Crippen LogP contribution < -0.4 is 5.56 Å². The maximum Gasteiger partial charge on any atom is 0.248 e. The first-order chi connectivity index (χ1) is 11.1. The van der Waals surface area contributed by atoms with Crippen molar-refractivity contribution in [3.8, 4) is 6.07 Å². The number of fused-ring (bicyclic) bond motifs is 1. The summed E-state index contributed by atoms with van der Waals surface area (Å²) in [5.74, 6) is -0.253. The molecule has 0 saturated carbocycles. The summed E-state index contributed by atoms with van der Waals surface area (Å²) < 4.78 is 1.89. The number of nitriles is 1. The van der Waals surface area contributed by atoms with Crippen LogP contribution in [0.25, 0.3) is 0 Å². The molecule has 2 aromatic rings. The van der Waals surface area contributed by atoms with Gasteiger partial charge in [-0.25, -0.2) is 0 Å². The Balaban J connectivity index is 2.00. The second-order valence-corrected chi connectivity index (χ2v) is 5.78. The van der Waals surface area contributed by atoms with Crippen LogP contribution >= 0.6 is 0 Å². The number of aryl methyl sites for hydroxylation is 2. The highest BCUT2D eigenvalue weighted by Gasteiger charge is 2.29. The van der Waals surface area contributed by atoms with Crippen molar-refractivity contribution in [1.82, 2.24) is 19.7 Å². The molecule has 0 amide bonds. The van der Waals surface area contributed by atoms with Crippen molar-refractivity contribution in [1.29, 1.82) is 5.26 Å². The van der Waals surface area contributed by atoms with Crippen LogP contribution in [0.3, 0.4) is 0 Å². The standard InChI is InChI=1S/C16H17N5O2/c1-10-7-11(8-14(22)18-10)15(23)12(9-17)16-20-19-13-5-3-2-4-6-21(13)16/h7-8,12H,2-6H2,1H3,(H,18,22). The molecule has 7 heteroatoms. The van der Waals surface area contributed by atoms with E-state index < -0.39 is 11.7 Å². The van der Waals surface area contributed by atoms with Gasteiger partial charge in [0, 0.05) is 30.3 Å². The predicted octanol–water partition coefficient (Wildman–Crippen LogP) is 1.49. The normalized spacial score (nSPS) is 15.3. The van der Waals surface area contributed by atoms with Crippen LogP contribution in [-0.2, 0) is 13.0 Å². The maximum absolute atomic E-state index is 12.7. The van der Waals surface area contributed by atoms with Gasteiger partial charge >= 0.3 is 0 Å². The van der Waals surface area contributed by atoms with Gasteiger partial charge in [0.05, 0.1) is 6.07 Å². The van der Waals surface area contributed by atoms with Gasteiger partial charge in [-0.05, 0) is 25.8 Å². The van der Waals surface area contributed by atoms with Gasteiger partial charge < -0.3 is 9.55 Å². The number of carbonyl (C=O) groups is 1. The summed E-state index contributed by atoms with van der Waals surface area (Å²) in [5, 5.41) is 17.7. The lowest BCUT2D eigenvalue weighted by atomic mass is 9.98. The van der Waals surface area contributed by atoms with Crippen LogP contribution in [0.2, 0.25) is 0 Å². The minimum atomic E-state index is -1.05. The fourth-order valence-electron chi connectivity index (χ4n) is 2.95. The van der Waals surface area contributed by atoms with Gasteiger partial charge in [0.1, 0.15) is 5.82 Å². The Hall–Kier alpha value is -2.75. The maximum atomic E-state index is 12.7. The van der Waals surface area contributed by atoms with Gasteiger partial charge in [0.2, 0.25) is 5.56 Å². The lowest BCUT2D eigenvalue weighted by Crippen LogP contribution is -2.20. The molecule has 1 aliphatic heterocycles. The van der Waals surface area contributed by atoms with Gasteiger partial charge in [0.15, 0.2) is 17.5 Å². The molecule has 0 fully saturated rings. The monoisotopic (exact) mass is 311 g/mol. The summed E-state index contributed by atoms with van der Waals surface area (Å²) >= 11 is 0. The molecule has 1 N–H and O–H groups in total. The number of carbonyl (C=O) groups excluding carboxylic acids is 1. The number of hydrogen-bond acceptors (Lipinski definition) is 5. The highest BCUT2D eigenvalue weighted by atomic mass is 16.1. The zero-order chi connectivity index (χ0) is 16.4. The molecule has 0 saturated heterocycles. The highest BCUT2D eigenvalue weighted by Crippen LogP contribution is 2.23. The summed E-state index contributed by atoms with van der Waals surface area (Å²) in [5.41, 5.74) is 0.450. The summed E-state index contributed by atoms with van der Waals surface area (Å²) in [6, 6.07) is 4.83. The fraction of sp³-hybridized carbons (Fsp3) is 0.438. The number of aromatic nitrogens is 4. The van der Waals surface area contributed by atoms with Crippen LogP contribution in [0, 0.1) is 18.3 Å². The number of nitrogens with one attached hydrogen (secondary N) is 1. The minimum absolute atomic E-state index is 0.226. The molecule has 118 valence electrons. The van der Waals surface area contributed by atoms with Gasteiger partial charge in [-0.2, -0.15) is 5.26 Å². The Morgan fingerprint density at radius 3 is 2.91 bits per heavy atom. The molecule has 0 radical (unpaired) electrons. The van der Waals surface area contributed by atoms with Crippen LogP contribution in [0.1, 0.15) is 52.9 Å². The second kappa shape index (κ2) is 6.16. The molecule has 1 aliphatic rings. The molecule has 1 atom stereocenters. The predicted molar refractivity (Wildman–Crippen MR) is 82.1 cm³/mol. The largest absolute Gasteiger partial charge is 0.326 e. The number of pyridine rings is 1. The average Bonchev–Trinajstić information content (AvgIpc) is 2.76. The number of ketones is 1. The van der Waals surface area contributed by atoms with E-state index >= 15 is 0 Å². The SMILES string of the molecule is Cc1cc(C(=O)C(C#N)c2nnc3n2CCCCC3)cc(=O)[nH]1. The highest BCUT2D eigenvalue weighted by molar-refractivity contribution is 6.02. The first kappa shape index (κ1) is 15.2. The quantitative estimate of drug-likeness (QED) is 0.865. The van der Waals surface area contributed by atoms with Gasteiger partial charge in [-0.1, -0.05) is 6.42 Å². The molecule has 2 aromatic heterocycles. The number of aromatic amines is 1. The van der Waals surface area contributed by atoms with Crippen molar-refractivity contribution in [3.63, 3.8) is 0 Å². The lowest BCUT2D eigenvalue weighted by molar-refractivity contribution is 0.0974. The zero-order valence-electron chi connectivity index (χ0n) is 12.9. The Bertz CT molecular complexity index is 843. The number of H-pyrrole nitrogens is 1. The van der Waals surface area contributed by atoms with E-state index in [9.17, 15) is 14.9 Å². The van der Waals surface area contributed by atoms with E-state index in [0.29, 0.717) is 11.5 Å². The number of rotatable bonds is 3. The summed E-state index contributed by atoms with van der Waals surface area (Å²) in [6.45, 7) is 2.42. The van der Waals surface area contributed by atoms with Crippen molar-refractivity contribution in [3.05, 3.63) is 45.4 Å². The first-order valence-electron chi connectivity index (χ1n) is 7.67. The minimum Gasteiger partial charge on any atom is -0.326 e. The van der Waals surface area contributed by atoms with Gasteiger partial charge in [-0.15, -0.1) is 10.2 Å². The van der Waals surface area contributed by atoms with Gasteiger partial charge in [0.25, 0.3) is 0 Å². The average molecular weight is 311 g/mol. The third kappa shape index (κ3) is 2.93. The van der Waals surface area contributed by atoms with Crippen molar-refractivity contribution in [2.75, 3.05) is 0 Å². The zero-order valence-corrected chi connectivity index (χ0v) is 12.9. The summed E-state index contributed by atoms with van der Waals surface area (Å²) in [4.78, 5) is 26.9. The van der Waals surface area contributed by atoms with Crippen molar-refractivity contribution < 1.29 is 4.79 Å². The number of nitrogens with zero attached hydrogens (tertiary/aromatic N) is 4. The summed E-state index contributed by atoms with van der Waals surface area (Å²) in [7, 11) is 0. The smallest absolute Gasteiger partial charge is 0.248 e. The van der Waals surface area contributed by atoms with E-state index in [1.54, 1.807) is 13.0 Å². The third-order valence-electron chi connectivity index (χ3n) is 4.05. The third-order valence-corrected chi connectivity index (χ3v) is 4.05. The Labute approximate surface area is 133 Å². The molecule has 3 rings (SSSR count). The van der Waals surface area contributed by atoms with Crippen molar-refractivity contribution >= 4 is 5.78 Å². The number of Topliss-reactive ketones (excluding diaryl/α,β-unsaturated/α-hetero) is 1. The molecule has 0 aromatic carbocycles. The summed E-state index contributed by atoms with van der Waals surface area (Å²) in [6.07, 6.45) is 3.93.